The molecule has 0 fully saturated rings. The molecule has 3 heterocycles. The van der Waals surface area contributed by atoms with Gasteiger partial charge in [0.25, 0.3) is 0 Å². The Morgan fingerprint density at radius 2 is 1.62 bits per heavy atom. The van der Waals surface area contributed by atoms with Crippen molar-refractivity contribution in [2.75, 3.05) is 18.0 Å². The van der Waals surface area contributed by atoms with E-state index in [9.17, 15) is 24.6 Å². The molecule has 4 aliphatic rings. The van der Waals surface area contributed by atoms with Gasteiger partial charge in [-0.15, -0.1) is 0 Å². The SMILES string of the molecule is O=C(O)c1ccccc1-c1c2cc(C(=O)O)c(=O)cc-2oc2c3c4c(cc12)CCCN4CCC3. The highest BCUT2D eigenvalue weighted by atomic mass is 16.4. The van der Waals surface area contributed by atoms with Gasteiger partial charge in [-0.25, -0.2) is 9.59 Å². The zero-order valence-corrected chi connectivity index (χ0v) is 18.3. The van der Waals surface area contributed by atoms with E-state index < -0.39 is 17.4 Å². The topological polar surface area (TPSA) is 108 Å². The van der Waals surface area contributed by atoms with Crippen LogP contribution in [0.4, 0.5) is 5.69 Å². The highest BCUT2D eigenvalue weighted by Gasteiger charge is 2.30. The molecule has 7 nitrogen and oxygen atoms in total. The number of anilines is 1. The molecule has 1 aliphatic carbocycles. The molecule has 0 aromatic heterocycles. The molecule has 0 saturated carbocycles. The molecule has 2 aromatic carbocycles. The van der Waals surface area contributed by atoms with Crippen LogP contribution in [-0.2, 0) is 12.8 Å². The van der Waals surface area contributed by atoms with Crippen LogP contribution in [-0.4, -0.2) is 35.2 Å². The molecule has 0 radical (unpaired) electrons. The van der Waals surface area contributed by atoms with Gasteiger partial charge in [0.1, 0.15) is 16.9 Å². The van der Waals surface area contributed by atoms with Crippen molar-refractivity contribution in [3.63, 3.8) is 0 Å². The lowest BCUT2D eigenvalue weighted by Crippen LogP contribution is -2.34. The first-order chi connectivity index (χ1) is 16.4. The number of fused-ring (bicyclic) bond motifs is 3. The fourth-order valence-corrected chi connectivity index (χ4v) is 5.57. The van der Waals surface area contributed by atoms with E-state index in [0.29, 0.717) is 22.3 Å². The molecule has 170 valence electrons. The quantitative estimate of drug-likeness (QED) is 0.433. The summed E-state index contributed by atoms with van der Waals surface area (Å²) >= 11 is 0. The zero-order chi connectivity index (χ0) is 23.6. The molecule has 2 aromatic rings. The molecule has 0 spiro atoms. The Balaban J connectivity index is 1.83. The van der Waals surface area contributed by atoms with Gasteiger partial charge in [-0.2, -0.15) is 0 Å². The van der Waals surface area contributed by atoms with Crippen LogP contribution in [0.25, 0.3) is 33.4 Å². The van der Waals surface area contributed by atoms with E-state index >= 15 is 0 Å². The Morgan fingerprint density at radius 1 is 0.882 bits per heavy atom. The number of rotatable bonds is 3. The molecule has 3 aliphatic heterocycles. The predicted octanol–water partition coefficient (Wildman–Crippen LogP) is 4.66. The first kappa shape index (κ1) is 20.5. The van der Waals surface area contributed by atoms with E-state index in [-0.39, 0.29) is 16.9 Å². The van der Waals surface area contributed by atoms with Gasteiger partial charge in [0.05, 0.1) is 5.56 Å². The second kappa shape index (κ2) is 7.45. The van der Waals surface area contributed by atoms with Crippen LogP contribution in [0.5, 0.6) is 0 Å². The maximum absolute atomic E-state index is 12.5. The zero-order valence-electron chi connectivity index (χ0n) is 18.3. The molecule has 7 heteroatoms. The maximum Gasteiger partial charge on any atom is 0.339 e. The number of hydrogen-bond donors (Lipinski definition) is 2. The minimum absolute atomic E-state index is 0.104. The normalized spacial score (nSPS) is 14.9. The van der Waals surface area contributed by atoms with Crippen molar-refractivity contribution in [2.45, 2.75) is 25.7 Å². The van der Waals surface area contributed by atoms with E-state index in [1.54, 1.807) is 18.2 Å². The van der Waals surface area contributed by atoms with E-state index in [4.69, 9.17) is 4.42 Å². The minimum Gasteiger partial charge on any atom is -0.478 e. The van der Waals surface area contributed by atoms with Crippen molar-refractivity contribution in [3.8, 4) is 22.5 Å². The average molecular weight is 455 g/mol. The monoisotopic (exact) mass is 455 g/mol. The predicted molar refractivity (Wildman–Crippen MR) is 127 cm³/mol. The Bertz CT molecular complexity index is 1550. The van der Waals surface area contributed by atoms with Crippen LogP contribution in [0, 0.1) is 0 Å². The summed E-state index contributed by atoms with van der Waals surface area (Å²) in [6.45, 7) is 1.97. The van der Waals surface area contributed by atoms with Crippen molar-refractivity contribution < 1.29 is 24.2 Å². The number of benzene rings is 3. The van der Waals surface area contributed by atoms with Crippen LogP contribution in [0.2, 0.25) is 0 Å². The lowest BCUT2D eigenvalue weighted by Gasteiger charge is -2.37. The highest BCUT2D eigenvalue weighted by Crippen LogP contribution is 2.47. The molecule has 0 atom stereocenters. The van der Waals surface area contributed by atoms with Gasteiger partial charge in [-0.05, 0) is 55.0 Å². The Kier molecular flexibility index (Phi) is 4.49. The van der Waals surface area contributed by atoms with Gasteiger partial charge in [0.2, 0.25) is 0 Å². The lowest BCUT2D eigenvalue weighted by atomic mass is 9.85. The summed E-state index contributed by atoms with van der Waals surface area (Å²) in [7, 11) is 0. The summed E-state index contributed by atoms with van der Waals surface area (Å²) in [5.41, 5.74) is 4.63. The number of carboxylic acids is 2. The van der Waals surface area contributed by atoms with Crippen LogP contribution in [0.15, 0.2) is 51.7 Å². The van der Waals surface area contributed by atoms with E-state index in [0.717, 1.165) is 49.7 Å². The molecular weight excluding hydrogens is 434 g/mol. The van der Waals surface area contributed by atoms with Gasteiger partial charge >= 0.3 is 11.9 Å². The number of carboxylic acid groups (broad SMARTS) is 2. The third-order valence-corrected chi connectivity index (χ3v) is 6.96. The average Bonchev–Trinajstić information content (AvgIpc) is 2.83. The maximum atomic E-state index is 12.5. The van der Waals surface area contributed by atoms with Crippen molar-refractivity contribution in [1.82, 2.24) is 0 Å². The second-order valence-corrected chi connectivity index (χ2v) is 8.91. The number of carbonyl (C=O) groups is 2. The molecule has 0 unspecified atom stereocenters. The molecule has 6 rings (SSSR count). The van der Waals surface area contributed by atoms with Gasteiger partial charge in [0, 0.05) is 46.9 Å². The first-order valence-corrected chi connectivity index (χ1v) is 11.3. The smallest absolute Gasteiger partial charge is 0.339 e. The van der Waals surface area contributed by atoms with Crippen LogP contribution < -0.4 is 10.3 Å². The molecule has 0 bridgehead atoms. The van der Waals surface area contributed by atoms with Crippen molar-refractivity contribution in [3.05, 3.63) is 74.9 Å². The molecular formula is C27H21NO6. The molecule has 2 N–H and O–H groups in total. The number of aryl methyl sites for hydroxylation is 2. The largest absolute Gasteiger partial charge is 0.478 e. The molecule has 0 amide bonds. The summed E-state index contributed by atoms with van der Waals surface area (Å²) < 4.78 is 6.33. The highest BCUT2D eigenvalue weighted by molar-refractivity contribution is 6.10. The summed E-state index contributed by atoms with van der Waals surface area (Å²) in [5.74, 6) is -2.16. The third-order valence-electron chi connectivity index (χ3n) is 6.96. The minimum atomic E-state index is -1.33. The summed E-state index contributed by atoms with van der Waals surface area (Å²) in [6.07, 6.45) is 3.74. The fraction of sp³-hybridized carbons (Fsp3) is 0.222. The summed E-state index contributed by atoms with van der Waals surface area (Å²) in [5, 5.41) is 20.3. The first-order valence-electron chi connectivity index (χ1n) is 11.3. The van der Waals surface area contributed by atoms with Crippen molar-refractivity contribution >= 4 is 28.6 Å². The van der Waals surface area contributed by atoms with E-state index in [1.807, 2.05) is 0 Å². The Morgan fingerprint density at radius 3 is 2.38 bits per heavy atom. The number of nitrogens with zero attached hydrogens (tertiary/aromatic N) is 1. The molecule has 0 saturated heterocycles. The van der Waals surface area contributed by atoms with E-state index in [1.165, 1.54) is 29.4 Å². The van der Waals surface area contributed by atoms with Crippen molar-refractivity contribution in [2.24, 2.45) is 0 Å². The summed E-state index contributed by atoms with van der Waals surface area (Å²) in [4.78, 5) is 38.8. The van der Waals surface area contributed by atoms with Crippen LogP contribution in [0.1, 0.15) is 44.7 Å². The van der Waals surface area contributed by atoms with Crippen molar-refractivity contribution in [1.29, 1.82) is 0 Å². The van der Waals surface area contributed by atoms with Gasteiger partial charge in [-0.3, -0.25) is 4.79 Å². The van der Waals surface area contributed by atoms with Gasteiger partial charge in [-0.1, -0.05) is 18.2 Å². The standard InChI is InChI=1S/C27H21NO6/c29-21-13-22-19(12-18(21)27(32)33)23(15-6-1-2-7-16(15)26(30)31)20-11-14-5-3-9-28-10-4-8-17(24(14)28)25(20)34-22/h1-2,6-7,11-13H,3-5,8-10H2,(H,30,31)(H,32,33). The van der Waals surface area contributed by atoms with E-state index in [2.05, 4.69) is 11.0 Å². The van der Waals surface area contributed by atoms with Crippen LogP contribution >= 0.6 is 0 Å². The van der Waals surface area contributed by atoms with Crippen LogP contribution in [0.3, 0.4) is 0 Å². The lowest BCUT2D eigenvalue weighted by molar-refractivity contribution is 0.0685. The summed E-state index contributed by atoms with van der Waals surface area (Å²) in [6, 6.07) is 11.3. The second-order valence-electron chi connectivity index (χ2n) is 8.91. The Hall–Kier alpha value is -4.13. The van der Waals surface area contributed by atoms with Gasteiger partial charge in [0.15, 0.2) is 5.43 Å². The fourth-order valence-electron chi connectivity index (χ4n) is 5.57. The Labute approximate surface area is 194 Å². The number of aromatic carboxylic acids is 2. The van der Waals surface area contributed by atoms with Gasteiger partial charge < -0.3 is 19.5 Å². The third kappa shape index (κ3) is 2.93. The number of hydrogen-bond acceptors (Lipinski definition) is 5. The molecule has 34 heavy (non-hydrogen) atoms.